The standard InChI is InChI=1S/C8H10N2O3/c9-4-8(1-2-8)6-5(7(11)12)3-13-10-6/h3H,1-2,4,9H2,(H,11,12). The highest BCUT2D eigenvalue weighted by atomic mass is 16.5. The molecule has 0 spiro atoms. The van der Waals surface area contributed by atoms with E-state index in [9.17, 15) is 4.79 Å². The molecule has 0 amide bonds. The largest absolute Gasteiger partial charge is 0.478 e. The predicted molar refractivity (Wildman–Crippen MR) is 43.4 cm³/mol. The fourth-order valence-corrected chi connectivity index (χ4v) is 1.46. The maximum absolute atomic E-state index is 10.7. The molecule has 1 aliphatic rings. The molecule has 5 nitrogen and oxygen atoms in total. The first-order valence-corrected chi connectivity index (χ1v) is 4.08. The topological polar surface area (TPSA) is 89.4 Å². The van der Waals surface area contributed by atoms with Gasteiger partial charge in [-0.05, 0) is 12.8 Å². The highest BCUT2D eigenvalue weighted by Gasteiger charge is 2.47. The summed E-state index contributed by atoms with van der Waals surface area (Å²) in [6.07, 6.45) is 2.96. The van der Waals surface area contributed by atoms with Gasteiger partial charge < -0.3 is 15.4 Å². The number of rotatable bonds is 3. The first kappa shape index (κ1) is 8.25. The van der Waals surface area contributed by atoms with E-state index in [0.717, 1.165) is 19.1 Å². The molecule has 2 rings (SSSR count). The Kier molecular flexibility index (Phi) is 1.63. The number of aromatic carboxylic acids is 1. The van der Waals surface area contributed by atoms with Crippen molar-refractivity contribution >= 4 is 5.97 Å². The molecule has 1 aromatic rings. The molecule has 1 aliphatic carbocycles. The lowest BCUT2D eigenvalue weighted by Gasteiger charge is -2.07. The molecule has 13 heavy (non-hydrogen) atoms. The molecular formula is C8H10N2O3. The van der Waals surface area contributed by atoms with Crippen LogP contribution in [0.4, 0.5) is 0 Å². The SMILES string of the molecule is NCC1(c2nocc2C(=O)O)CC1. The zero-order valence-electron chi connectivity index (χ0n) is 6.99. The Morgan fingerprint density at radius 1 is 1.77 bits per heavy atom. The van der Waals surface area contributed by atoms with E-state index in [1.165, 1.54) is 0 Å². The van der Waals surface area contributed by atoms with Crippen molar-refractivity contribution < 1.29 is 14.4 Å². The average Bonchev–Trinajstić information content (AvgIpc) is 2.74. The quantitative estimate of drug-likeness (QED) is 0.704. The number of carbonyl (C=O) groups is 1. The van der Waals surface area contributed by atoms with Crippen molar-refractivity contribution in [3.8, 4) is 0 Å². The van der Waals surface area contributed by atoms with Gasteiger partial charge in [-0.1, -0.05) is 5.16 Å². The van der Waals surface area contributed by atoms with Crippen LogP contribution in [0.5, 0.6) is 0 Å². The summed E-state index contributed by atoms with van der Waals surface area (Å²) in [6.45, 7) is 0.430. The van der Waals surface area contributed by atoms with E-state index >= 15 is 0 Å². The van der Waals surface area contributed by atoms with E-state index in [0.29, 0.717) is 12.2 Å². The molecule has 1 fully saturated rings. The summed E-state index contributed by atoms with van der Waals surface area (Å²) < 4.78 is 4.65. The molecule has 5 heteroatoms. The maximum atomic E-state index is 10.7. The van der Waals surface area contributed by atoms with E-state index < -0.39 is 5.97 Å². The Bertz CT molecular complexity index is 341. The number of carboxylic acids is 1. The van der Waals surface area contributed by atoms with Crippen LogP contribution in [0.1, 0.15) is 28.9 Å². The normalized spacial score (nSPS) is 18.5. The van der Waals surface area contributed by atoms with Crippen LogP contribution in [-0.2, 0) is 5.41 Å². The van der Waals surface area contributed by atoms with Crippen molar-refractivity contribution in [3.63, 3.8) is 0 Å². The van der Waals surface area contributed by atoms with Crippen LogP contribution in [0.25, 0.3) is 0 Å². The van der Waals surface area contributed by atoms with Gasteiger partial charge in [0.1, 0.15) is 17.5 Å². The van der Waals surface area contributed by atoms with Gasteiger partial charge in [0.15, 0.2) is 0 Å². The number of hydrogen-bond acceptors (Lipinski definition) is 4. The summed E-state index contributed by atoms with van der Waals surface area (Å²) in [7, 11) is 0. The van der Waals surface area contributed by atoms with Gasteiger partial charge >= 0.3 is 5.97 Å². The zero-order valence-corrected chi connectivity index (χ0v) is 6.99. The van der Waals surface area contributed by atoms with E-state index in [-0.39, 0.29) is 11.0 Å². The molecule has 0 aliphatic heterocycles. The van der Waals surface area contributed by atoms with E-state index in [4.69, 9.17) is 10.8 Å². The molecule has 0 atom stereocenters. The Morgan fingerprint density at radius 2 is 2.46 bits per heavy atom. The summed E-state index contributed by atoms with van der Waals surface area (Å²) in [5.41, 5.74) is 5.98. The Labute approximate surface area is 74.5 Å². The van der Waals surface area contributed by atoms with Crippen molar-refractivity contribution in [1.29, 1.82) is 0 Å². The highest BCUT2D eigenvalue weighted by Crippen LogP contribution is 2.47. The van der Waals surface area contributed by atoms with Crippen molar-refractivity contribution in [2.45, 2.75) is 18.3 Å². The molecule has 1 saturated carbocycles. The predicted octanol–water partition coefficient (Wildman–Crippen LogP) is 0.363. The minimum atomic E-state index is -1.00. The summed E-state index contributed by atoms with van der Waals surface area (Å²) >= 11 is 0. The van der Waals surface area contributed by atoms with Gasteiger partial charge in [0, 0.05) is 12.0 Å². The number of hydrogen-bond donors (Lipinski definition) is 2. The van der Waals surface area contributed by atoms with Crippen LogP contribution >= 0.6 is 0 Å². The minimum Gasteiger partial charge on any atom is -0.478 e. The molecular weight excluding hydrogens is 172 g/mol. The lowest BCUT2D eigenvalue weighted by Crippen LogP contribution is -2.22. The summed E-state index contributed by atoms with van der Waals surface area (Å²) in [5.74, 6) is -1.00. The molecule has 3 N–H and O–H groups in total. The van der Waals surface area contributed by atoms with Gasteiger partial charge in [-0.2, -0.15) is 0 Å². The summed E-state index contributed by atoms with van der Waals surface area (Å²) in [5, 5.41) is 12.5. The number of nitrogens with zero attached hydrogens (tertiary/aromatic N) is 1. The number of nitrogens with two attached hydrogens (primary N) is 1. The van der Waals surface area contributed by atoms with Crippen molar-refractivity contribution in [1.82, 2.24) is 5.16 Å². The van der Waals surface area contributed by atoms with Gasteiger partial charge in [0.2, 0.25) is 0 Å². The van der Waals surface area contributed by atoms with Gasteiger partial charge in [0.05, 0.1) is 0 Å². The van der Waals surface area contributed by atoms with Gasteiger partial charge in [-0.25, -0.2) is 4.79 Å². The van der Waals surface area contributed by atoms with Crippen molar-refractivity contribution in [2.24, 2.45) is 5.73 Å². The maximum Gasteiger partial charge on any atom is 0.340 e. The van der Waals surface area contributed by atoms with E-state index in [1.54, 1.807) is 0 Å². The first-order valence-electron chi connectivity index (χ1n) is 4.08. The Balaban J connectivity index is 2.40. The van der Waals surface area contributed by atoms with Crippen LogP contribution in [0, 0.1) is 0 Å². The van der Waals surface area contributed by atoms with Crippen LogP contribution in [0.15, 0.2) is 10.8 Å². The average molecular weight is 182 g/mol. The van der Waals surface area contributed by atoms with Crippen LogP contribution in [0.3, 0.4) is 0 Å². The van der Waals surface area contributed by atoms with Crippen molar-refractivity contribution in [3.05, 3.63) is 17.5 Å². The fraction of sp³-hybridized carbons (Fsp3) is 0.500. The summed E-state index contributed by atoms with van der Waals surface area (Å²) in [6, 6.07) is 0. The third kappa shape index (κ3) is 1.12. The molecule has 0 radical (unpaired) electrons. The molecule has 0 saturated heterocycles. The second-order valence-corrected chi connectivity index (χ2v) is 3.37. The second kappa shape index (κ2) is 2.56. The Hall–Kier alpha value is -1.36. The third-order valence-corrected chi connectivity index (χ3v) is 2.55. The van der Waals surface area contributed by atoms with Gasteiger partial charge in [-0.15, -0.1) is 0 Å². The fourth-order valence-electron chi connectivity index (χ4n) is 1.46. The third-order valence-electron chi connectivity index (χ3n) is 2.55. The molecule has 0 aromatic carbocycles. The molecule has 0 bridgehead atoms. The minimum absolute atomic E-state index is 0.142. The van der Waals surface area contributed by atoms with Crippen LogP contribution < -0.4 is 5.73 Å². The smallest absolute Gasteiger partial charge is 0.340 e. The monoisotopic (exact) mass is 182 g/mol. The Morgan fingerprint density at radius 3 is 2.92 bits per heavy atom. The second-order valence-electron chi connectivity index (χ2n) is 3.37. The molecule has 1 heterocycles. The highest BCUT2D eigenvalue weighted by molar-refractivity contribution is 5.89. The molecule has 0 unspecified atom stereocenters. The van der Waals surface area contributed by atoms with E-state index in [2.05, 4.69) is 9.68 Å². The molecule has 70 valence electrons. The number of carboxylic acid groups (broad SMARTS) is 1. The zero-order chi connectivity index (χ0) is 9.47. The van der Waals surface area contributed by atoms with Crippen LogP contribution in [0.2, 0.25) is 0 Å². The van der Waals surface area contributed by atoms with Gasteiger partial charge in [-0.3, -0.25) is 0 Å². The van der Waals surface area contributed by atoms with Crippen molar-refractivity contribution in [2.75, 3.05) is 6.54 Å². The first-order chi connectivity index (χ1) is 6.19. The number of aromatic nitrogens is 1. The van der Waals surface area contributed by atoms with Gasteiger partial charge in [0.25, 0.3) is 0 Å². The lowest BCUT2D eigenvalue weighted by molar-refractivity contribution is 0.0694. The molecule has 1 aromatic heterocycles. The summed E-state index contributed by atoms with van der Waals surface area (Å²) in [4.78, 5) is 10.7. The van der Waals surface area contributed by atoms with Crippen LogP contribution in [-0.4, -0.2) is 22.8 Å². The van der Waals surface area contributed by atoms with E-state index in [1.807, 2.05) is 0 Å². The lowest BCUT2D eigenvalue weighted by atomic mass is 9.99.